The first-order chi connectivity index (χ1) is 5.24. The molecule has 0 heterocycles. The molecule has 0 amide bonds. The Morgan fingerprint density at radius 3 is 2.82 bits per heavy atom. The first kappa shape index (κ1) is 8.56. The Hall–Kier alpha value is -0.540. The molecule has 1 rings (SSSR count). The molecule has 1 aromatic carbocycles. The van der Waals surface area contributed by atoms with Crippen molar-refractivity contribution >= 4 is 21.6 Å². The summed E-state index contributed by atoms with van der Waals surface area (Å²) in [6.45, 7) is 0.624. The van der Waals surface area contributed by atoms with Crippen LogP contribution in [-0.2, 0) is 11.3 Å². The zero-order valence-corrected chi connectivity index (χ0v) is 7.89. The molecule has 0 radical (unpaired) electrons. The van der Waals surface area contributed by atoms with Crippen molar-refractivity contribution in [1.82, 2.24) is 0 Å². The monoisotopic (exact) mass is 215 g/mol. The van der Waals surface area contributed by atoms with E-state index in [2.05, 4.69) is 15.9 Å². The number of nitrogen functional groups attached to an aromatic ring is 1. The van der Waals surface area contributed by atoms with Gasteiger partial charge < -0.3 is 10.5 Å². The van der Waals surface area contributed by atoms with E-state index in [4.69, 9.17) is 10.5 Å². The SMILES string of the molecule is COCc1ccc(N)c(Br)c1. The minimum absolute atomic E-state index is 0.624. The lowest BCUT2D eigenvalue weighted by Crippen LogP contribution is -1.90. The third kappa shape index (κ3) is 2.20. The predicted molar refractivity (Wildman–Crippen MR) is 49.3 cm³/mol. The highest BCUT2D eigenvalue weighted by Gasteiger charge is 1.96. The Labute approximate surface area is 74.5 Å². The molecule has 11 heavy (non-hydrogen) atoms. The summed E-state index contributed by atoms with van der Waals surface area (Å²) in [5, 5.41) is 0. The Kier molecular flexibility index (Phi) is 2.91. The fourth-order valence-corrected chi connectivity index (χ4v) is 1.25. The van der Waals surface area contributed by atoms with Crippen molar-refractivity contribution in [1.29, 1.82) is 0 Å². The van der Waals surface area contributed by atoms with Gasteiger partial charge in [-0.2, -0.15) is 0 Å². The van der Waals surface area contributed by atoms with Crippen LogP contribution >= 0.6 is 15.9 Å². The molecule has 0 aliphatic carbocycles. The zero-order chi connectivity index (χ0) is 8.27. The molecule has 0 aliphatic heterocycles. The molecular formula is C8H10BrNO. The van der Waals surface area contributed by atoms with Gasteiger partial charge in [-0.15, -0.1) is 0 Å². The molecule has 3 heteroatoms. The molecule has 0 aliphatic rings. The molecule has 0 aromatic heterocycles. The maximum Gasteiger partial charge on any atom is 0.0713 e. The summed E-state index contributed by atoms with van der Waals surface area (Å²) in [5.74, 6) is 0. The van der Waals surface area contributed by atoms with E-state index in [0.29, 0.717) is 6.61 Å². The summed E-state index contributed by atoms with van der Waals surface area (Å²) < 4.78 is 5.88. The highest BCUT2D eigenvalue weighted by atomic mass is 79.9. The van der Waals surface area contributed by atoms with Crippen LogP contribution in [-0.4, -0.2) is 7.11 Å². The molecule has 1 aromatic rings. The average Bonchev–Trinajstić information content (AvgIpc) is 1.98. The summed E-state index contributed by atoms with van der Waals surface area (Å²) in [7, 11) is 1.67. The number of rotatable bonds is 2. The fourth-order valence-electron chi connectivity index (χ4n) is 0.827. The van der Waals surface area contributed by atoms with Gasteiger partial charge in [0, 0.05) is 17.3 Å². The van der Waals surface area contributed by atoms with Crippen LogP contribution in [0.25, 0.3) is 0 Å². The van der Waals surface area contributed by atoms with Gasteiger partial charge in [-0.1, -0.05) is 6.07 Å². The van der Waals surface area contributed by atoms with Crippen LogP contribution in [0.4, 0.5) is 5.69 Å². The molecule has 2 nitrogen and oxygen atoms in total. The van der Waals surface area contributed by atoms with E-state index in [1.807, 2.05) is 18.2 Å². The highest BCUT2D eigenvalue weighted by molar-refractivity contribution is 9.10. The summed E-state index contributed by atoms with van der Waals surface area (Å²) in [5.41, 5.74) is 7.47. The Morgan fingerprint density at radius 1 is 1.55 bits per heavy atom. The Balaban J connectivity index is 2.86. The van der Waals surface area contributed by atoms with E-state index in [-0.39, 0.29) is 0 Å². The van der Waals surface area contributed by atoms with Crippen LogP contribution in [0.5, 0.6) is 0 Å². The summed E-state index contributed by atoms with van der Waals surface area (Å²) >= 11 is 3.34. The van der Waals surface area contributed by atoms with Crippen LogP contribution < -0.4 is 5.73 Å². The van der Waals surface area contributed by atoms with Gasteiger partial charge in [0.05, 0.1) is 6.61 Å². The van der Waals surface area contributed by atoms with Crippen molar-refractivity contribution in [3.8, 4) is 0 Å². The van der Waals surface area contributed by atoms with Gasteiger partial charge >= 0.3 is 0 Å². The maximum atomic E-state index is 5.60. The van der Waals surface area contributed by atoms with Gasteiger partial charge in [-0.3, -0.25) is 0 Å². The normalized spacial score (nSPS) is 10.0. The van der Waals surface area contributed by atoms with Gasteiger partial charge in [0.1, 0.15) is 0 Å². The van der Waals surface area contributed by atoms with E-state index >= 15 is 0 Å². The zero-order valence-electron chi connectivity index (χ0n) is 6.30. The lowest BCUT2D eigenvalue weighted by atomic mass is 10.2. The minimum atomic E-state index is 0.624. The molecule has 0 unspecified atom stereocenters. The molecule has 0 saturated heterocycles. The van der Waals surface area contributed by atoms with Gasteiger partial charge in [-0.05, 0) is 33.6 Å². The molecule has 0 fully saturated rings. The molecule has 0 bridgehead atoms. The van der Waals surface area contributed by atoms with Crippen LogP contribution in [0.15, 0.2) is 22.7 Å². The molecule has 60 valence electrons. The average molecular weight is 216 g/mol. The standard InChI is InChI=1S/C8H10BrNO/c1-11-5-6-2-3-8(10)7(9)4-6/h2-4H,5,10H2,1H3. The number of halogens is 1. The minimum Gasteiger partial charge on any atom is -0.398 e. The number of methoxy groups -OCH3 is 1. The first-order valence-corrected chi connectivity index (χ1v) is 4.06. The second kappa shape index (κ2) is 3.74. The smallest absolute Gasteiger partial charge is 0.0713 e. The number of anilines is 1. The fraction of sp³-hybridized carbons (Fsp3) is 0.250. The third-order valence-corrected chi connectivity index (χ3v) is 2.06. The molecule has 2 N–H and O–H groups in total. The molecule has 0 spiro atoms. The van der Waals surface area contributed by atoms with Gasteiger partial charge in [-0.25, -0.2) is 0 Å². The molecule has 0 atom stereocenters. The molecular weight excluding hydrogens is 206 g/mol. The summed E-state index contributed by atoms with van der Waals surface area (Å²) in [4.78, 5) is 0. The van der Waals surface area contributed by atoms with Crippen molar-refractivity contribution in [2.45, 2.75) is 6.61 Å². The van der Waals surface area contributed by atoms with Crippen LogP contribution in [0, 0.1) is 0 Å². The predicted octanol–water partition coefficient (Wildman–Crippen LogP) is 2.18. The van der Waals surface area contributed by atoms with Gasteiger partial charge in [0.2, 0.25) is 0 Å². The van der Waals surface area contributed by atoms with Crippen LogP contribution in [0.3, 0.4) is 0 Å². The number of ether oxygens (including phenoxy) is 1. The number of nitrogens with two attached hydrogens (primary N) is 1. The topological polar surface area (TPSA) is 35.2 Å². The Morgan fingerprint density at radius 2 is 2.27 bits per heavy atom. The Bertz CT molecular complexity index is 250. The summed E-state index contributed by atoms with van der Waals surface area (Å²) in [6.07, 6.45) is 0. The van der Waals surface area contributed by atoms with E-state index in [1.54, 1.807) is 7.11 Å². The third-order valence-electron chi connectivity index (χ3n) is 1.38. The van der Waals surface area contributed by atoms with Crippen molar-refractivity contribution in [2.24, 2.45) is 0 Å². The van der Waals surface area contributed by atoms with Gasteiger partial charge in [0.15, 0.2) is 0 Å². The van der Waals surface area contributed by atoms with E-state index in [9.17, 15) is 0 Å². The number of hydrogen-bond donors (Lipinski definition) is 1. The number of benzene rings is 1. The van der Waals surface area contributed by atoms with E-state index < -0.39 is 0 Å². The van der Waals surface area contributed by atoms with Crippen LogP contribution in [0.1, 0.15) is 5.56 Å². The second-order valence-electron chi connectivity index (χ2n) is 2.29. The highest BCUT2D eigenvalue weighted by Crippen LogP contribution is 2.20. The largest absolute Gasteiger partial charge is 0.398 e. The second-order valence-corrected chi connectivity index (χ2v) is 3.14. The van der Waals surface area contributed by atoms with Crippen molar-refractivity contribution < 1.29 is 4.74 Å². The van der Waals surface area contributed by atoms with Crippen LogP contribution in [0.2, 0.25) is 0 Å². The van der Waals surface area contributed by atoms with Crippen molar-refractivity contribution in [3.63, 3.8) is 0 Å². The first-order valence-electron chi connectivity index (χ1n) is 3.27. The van der Waals surface area contributed by atoms with Gasteiger partial charge in [0.25, 0.3) is 0 Å². The van der Waals surface area contributed by atoms with E-state index in [0.717, 1.165) is 15.7 Å². The van der Waals surface area contributed by atoms with E-state index in [1.165, 1.54) is 0 Å². The molecule has 0 saturated carbocycles. The summed E-state index contributed by atoms with van der Waals surface area (Å²) in [6, 6.07) is 5.76. The maximum absolute atomic E-state index is 5.60. The number of hydrogen-bond acceptors (Lipinski definition) is 2. The lowest BCUT2D eigenvalue weighted by molar-refractivity contribution is 0.185. The lowest BCUT2D eigenvalue weighted by Gasteiger charge is -2.01. The van der Waals surface area contributed by atoms with Crippen molar-refractivity contribution in [2.75, 3.05) is 12.8 Å². The quantitative estimate of drug-likeness (QED) is 0.769. The van der Waals surface area contributed by atoms with Crippen molar-refractivity contribution in [3.05, 3.63) is 28.2 Å².